The average Bonchev–Trinajstić information content (AvgIpc) is 3.32. The van der Waals surface area contributed by atoms with Crippen molar-refractivity contribution < 1.29 is 19.1 Å². The van der Waals surface area contributed by atoms with Crippen LogP contribution >= 0.6 is 46.4 Å². The second-order valence-electron chi connectivity index (χ2n) is 15.9. The number of H-pyrrole nitrogens is 2. The van der Waals surface area contributed by atoms with E-state index in [1.165, 1.54) is 18.2 Å². The maximum absolute atomic E-state index is 12.9. The fourth-order valence-corrected chi connectivity index (χ4v) is 7.50. The molecule has 0 aliphatic carbocycles. The van der Waals surface area contributed by atoms with E-state index in [1.807, 2.05) is 88.9 Å². The average molecular weight is 995 g/mol. The van der Waals surface area contributed by atoms with E-state index in [9.17, 15) is 19.2 Å². The smallest absolute Gasteiger partial charge is 0.272 e. The molecule has 8 rings (SSSR count). The predicted molar refractivity (Wildman–Crippen MR) is 273 cm³/mol. The number of amides is 2. The number of ether oxygens (including phenoxy) is 2. The first-order valence-corrected chi connectivity index (χ1v) is 22.5. The van der Waals surface area contributed by atoms with Gasteiger partial charge in [-0.15, -0.1) is 0 Å². The minimum absolute atomic E-state index is 0.108. The van der Waals surface area contributed by atoms with Crippen LogP contribution in [0.4, 0.5) is 11.4 Å². The van der Waals surface area contributed by atoms with Gasteiger partial charge >= 0.3 is 0 Å². The molecule has 2 amide bonds. The van der Waals surface area contributed by atoms with E-state index in [4.69, 9.17) is 55.9 Å². The van der Waals surface area contributed by atoms with Gasteiger partial charge in [0, 0.05) is 35.0 Å². The van der Waals surface area contributed by atoms with Gasteiger partial charge in [0.25, 0.3) is 22.9 Å². The van der Waals surface area contributed by atoms with Crippen molar-refractivity contribution in [1.29, 1.82) is 0 Å². The summed E-state index contributed by atoms with van der Waals surface area (Å²) in [5.74, 6) is 0.720. The number of anilines is 2. The van der Waals surface area contributed by atoms with E-state index in [-0.39, 0.29) is 26.8 Å². The number of carbonyl (C=O) groups excluding carboxylic acids is 2. The number of likely N-dealkylation sites (N-methyl/N-ethyl adjacent to an activating group) is 2. The van der Waals surface area contributed by atoms with Crippen LogP contribution in [0.25, 0.3) is 43.8 Å². The molecule has 0 radical (unpaired) electrons. The SMILES string of the molecule is CN(C)CCOc1cccc(-c2ccc(Cl)c(NC(=O)c3ccc4c(=O)[nH]nc(Cl)c4c3)c2)c1.CN(C)CCOc1cccc(-c2ccc(Cl)c(NC(=O)c3ccc4c(Cl)n[nH]c(=O)c4c3)c2)c1. The number of aromatic amines is 2. The Kier molecular flexibility index (Phi) is 16.1. The first kappa shape index (κ1) is 49.1. The molecule has 0 unspecified atom stereocenters. The predicted octanol–water partition coefficient (Wildman–Crippen LogP) is 10.2. The van der Waals surface area contributed by atoms with Crippen LogP contribution < -0.4 is 31.2 Å². The molecule has 0 saturated heterocycles. The van der Waals surface area contributed by atoms with Crippen molar-refractivity contribution in [3.05, 3.63) is 174 Å². The summed E-state index contributed by atoms with van der Waals surface area (Å²) < 4.78 is 11.7. The third-order valence-electron chi connectivity index (χ3n) is 10.4. The Hall–Kier alpha value is -6.78. The normalized spacial score (nSPS) is 11.1. The monoisotopic (exact) mass is 992 g/mol. The van der Waals surface area contributed by atoms with Gasteiger partial charge in [-0.25, -0.2) is 10.2 Å². The van der Waals surface area contributed by atoms with Gasteiger partial charge in [-0.05, 0) is 129 Å². The van der Waals surface area contributed by atoms with Crippen molar-refractivity contribution >= 4 is 91.1 Å². The molecule has 0 fully saturated rings. The molecule has 0 aliphatic heterocycles. The summed E-state index contributed by atoms with van der Waals surface area (Å²) in [6.07, 6.45) is 0. The van der Waals surface area contributed by atoms with E-state index < -0.39 is 17.4 Å². The quantitative estimate of drug-likeness (QED) is 0.0821. The first-order valence-electron chi connectivity index (χ1n) is 21.0. The highest BCUT2D eigenvalue weighted by Gasteiger charge is 2.16. The van der Waals surface area contributed by atoms with Crippen LogP contribution in [0.15, 0.2) is 131 Å². The lowest BCUT2D eigenvalue weighted by atomic mass is 10.0. The third kappa shape index (κ3) is 12.4. The number of hydrogen-bond acceptors (Lipinski definition) is 10. The highest BCUT2D eigenvalue weighted by Crippen LogP contribution is 2.33. The van der Waals surface area contributed by atoms with Crippen molar-refractivity contribution in [1.82, 2.24) is 30.2 Å². The third-order valence-corrected chi connectivity index (χ3v) is 11.6. The lowest BCUT2D eigenvalue weighted by molar-refractivity contribution is 0.101. The molecular formula is C50H44Cl4N8O6. The van der Waals surface area contributed by atoms with Gasteiger partial charge in [0.15, 0.2) is 10.3 Å². The van der Waals surface area contributed by atoms with Crippen molar-refractivity contribution in [3.63, 3.8) is 0 Å². The number of rotatable bonds is 14. The van der Waals surface area contributed by atoms with Gasteiger partial charge in [-0.3, -0.25) is 19.2 Å². The zero-order valence-corrected chi connectivity index (χ0v) is 40.1. The van der Waals surface area contributed by atoms with Crippen LogP contribution in [-0.2, 0) is 0 Å². The summed E-state index contributed by atoms with van der Waals surface area (Å²) >= 11 is 24.8. The summed E-state index contributed by atoms with van der Waals surface area (Å²) in [7, 11) is 7.97. The molecule has 8 aromatic rings. The Balaban J connectivity index is 0.000000201. The number of aromatic nitrogens is 4. The van der Waals surface area contributed by atoms with Crippen molar-refractivity contribution in [2.45, 2.75) is 0 Å². The largest absolute Gasteiger partial charge is 0.492 e. The van der Waals surface area contributed by atoms with Gasteiger partial charge in [0.1, 0.15) is 24.7 Å². The fourth-order valence-electron chi connectivity index (χ4n) is 6.76. The van der Waals surface area contributed by atoms with E-state index in [0.717, 1.165) is 46.8 Å². The van der Waals surface area contributed by atoms with Gasteiger partial charge in [-0.2, -0.15) is 10.2 Å². The van der Waals surface area contributed by atoms with Gasteiger partial charge < -0.3 is 29.9 Å². The van der Waals surface area contributed by atoms with Crippen LogP contribution in [0.5, 0.6) is 11.5 Å². The molecule has 2 heterocycles. The number of benzene rings is 6. The fraction of sp³-hybridized carbons (Fsp3) is 0.160. The molecule has 2 aromatic heterocycles. The Morgan fingerprint density at radius 2 is 0.941 bits per heavy atom. The number of fused-ring (bicyclic) bond motifs is 2. The molecule has 0 saturated carbocycles. The number of nitrogens with zero attached hydrogens (tertiary/aromatic N) is 4. The van der Waals surface area contributed by atoms with Gasteiger partial charge in [0.2, 0.25) is 0 Å². The number of halogens is 4. The minimum Gasteiger partial charge on any atom is -0.492 e. The Labute approximate surface area is 410 Å². The molecule has 0 bridgehead atoms. The summed E-state index contributed by atoms with van der Waals surface area (Å²) in [5.41, 5.74) is 4.30. The van der Waals surface area contributed by atoms with Crippen LogP contribution in [-0.4, -0.2) is 96.5 Å². The van der Waals surface area contributed by atoms with E-state index in [1.54, 1.807) is 42.5 Å². The highest BCUT2D eigenvalue weighted by atomic mass is 35.5. The second-order valence-corrected chi connectivity index (χ2v) is 17.4. The standard InChI is InChI=1S/2C25H22Cl2N4O3/c1-31(2)10-11-34-18-5-3-4-15(12-18)16-7-9-21(26)22(14-16)28-24(32)17-6-8-19-20(13-17)23(27)29-30-25(19)33;1-31(2)10-11-34-18-5-3-4-15(12-18)16-7-9-21(26)22(14-16)28-24(32)17-6-8-19-20(13-17)25(33)30-29-23(19)27/h2*3-9,12-14H,10-11H2,1-2H3,(H,28,32)(H,30,33). The topological polar surface area (TPSA) is 175 Å². The molecule has 348 valence electrons. The van der Waals surface area contributed by atoms with Crippen LogP contribution in [0, 0.1) is 0 Å². The maximum atomic E-state index is 12.9. The Morgan fingerprint density at radius 1 is 0.515 bits per heavy atom. The molecular weight excluding hydrogens is 950 g/mol. The Morgan fingerprint density at radius 3 is 1.43 bits per heavy atom. The molecule has 6 aromatic carbocycles. The van der Waals surface area contributed by atoms with Crippen LogP contribution in [0.1, 0.15) is 20.7 Å². The first-order chi connectivity index (χ1) is 32.6. The highest BCUT2D eigenvalue weighted by molar-refractivity contribution is 6.36. The lowest BCUT2D eigenvalue weighted by Gasteiger charge is -2.13. The van der Waals surface area contributed by atoms with Crippen LogP contribution in [0.2, 0.25) is 20.4 Å². The molecule has 14 nitrogen and oxygen atoms in total. The second kappa shape index (κ2) is 22.3. The molecule has 0 spiro atoms. The summed E-state index contributed by atoms with van der Waals surface area (Å²) in [6, 6.07) is 35.5. The lowest BCUT2D eigenvalue weighted by Crippen LogP contribution is -2.19. The molecule has 18 heteroatoms. The molecule has 0 aliphatic rings. The molecule has 68 heavy (non-hydrogen) atoms. The molecule has 0 atom stereocenters. The summed E-state index contributed by atoms with van der Waals surface area (Å²) in [5, 5.41) is 20.3. The van der Waals surface area contributed by atoms with Crippen molar-refractivity contribution in [2.75, 3.05) is 65.1 Å². The molecule has 4 N–H and O–H groups in total. The van der Waals surface area contributed by atoms with Gasteiger partial charge in [0.05, 0.1) is 32.2 Å². The van der Waals surface area contributed by atoms with Crippen LogP contribution in [0.3, 0.4) is 0 Å². The summed E-state index contributed by atoms with van der Waals surface area (Å²) in [4.78, 5) is 54.0. The summed E-state index contributed by atoms with van der Waals surface area (Å²) in [6.45, 7) is 2.78. The minimum atomic E-state index is -0.429. The van der Waals surface area contributed by atoms with E-state index in [2.05, 4.69) is 40.8 Å². The van der Waals surface area contributed by atoms with Crippen molar-refractivity contribution in [2.24, 2.45) is 0 Å². The number of nitrogens with one attached hydrogen (secondary N) is 4. The zero-order chi connectivity index (χ0) is 48.5. The zero-order valence-electron chi connectivity index (χ0n) is 37.1. The number of carbonyl (C=O) groups is 2. The number of hydrogen-bond donors (Lipinski definition) is 4. The van der Waals surface area contributed by atoms with E-state index in [0.29, 0.717) is 56.4 Å². The Bertz CT molecular complexity index is 3270. The van der Waals surface area contributed by atoms with E-state index >= 15 is 0 Å². The van der Waals surface area contributed by atoms with Crippen molar-refractivity contribution in [3.8, 4) is 33.8 Å². The van der Waals surface area contributed by atoms with Gasteiger partial charge in [-0.1, -0.05) is 88.9 Å². The maximum Gasteiger partial charge on any atom is 0.272 e.